The Morgan fingerprint density at radius 2 is 1.70 bits per heavy atom. The minimum atomic E-state index is -4.91. The van der Waals surface area contributed by atoms with E-state index in [-0.39, 0.29) is 17.1 Å². The molecular weight excluding hydrogens is 552 g/mol. The monoisotopic (exact) mass is 570 g/mol. The van der Waals surface area contributed by atoms with E-state index >= 15 is 0 Å². The van der Waals surface area contributed by atoms with Crippen molar-refractivity contribution in [3.8, 4) is 10.4 Å². The average Bonchev–Trinajstić information content (AvgIpc) is 3.50. The first kappa shape index (κ1) is 26.6. The van der Waals surface area contributed by atoms with Gasteiger partial charge in [0.1, 0.15) is 17.0 Å². The van der Waals surface area contributed by atoms with Crippen LogP contribution in [-0.2, 0) is 13.2 Å². The van der Waals surface area contributed by atoms with Gasteiger partial charge in [0.25, 0.3) is 5.91 Å². The number of thiophene rings is 1. The molecule has 10 nitrogen and oxygen atoms in total. The first-order valence-corrected chi connectivity index (χ1v) is 12.2. The highest BCUT2D eigenvalue weighted by molar-refractivity contribution is 7.22. The third-order valence-corrected chi connectivity index (χ3v) is 6.81. The molecule has 0 fully saturated rings. The van der Waals surface area contributed by atoms with E-state index in [1.165, 1.54) is 41.9 Å². The number of carbonyl (C=O) groups excluding carboxylic acids is 2. The SMILES string of the molecule is Cn1cc(-c2sc3ncnc(N)c3c2C(=O)Nc2ccc(NC(=O)Nc3cccc(C(F)(F)F)c3F)cc2)cn1. The van der Waals surface area contributed by atoms with Crippen molar-refractivity contribution >= 4 is 56.4 Å². The van der Waals surface area contributed by atoms with Crippen LogP contribution in [0.3, 0.4) is 0 Å². The van der Waals surface area contributed by atoms with Gasteiger partial charge in [0.2, 0.25) is 0 Å². The molecule has 3 amide bonds. The van der Waals surface area contributed by atoms with Crippen LogP contribution in [0.1, 0.15) is 15.9 Å². The Morgan fingerprint density at radius 3 is 2.35 bits per heavy atom. The fourth-order valence-corrected chi connectivity index (χ4v) is 5.00. The number of alkyl halides is 3. The van der Waals surface area contributed by atoms with Crippen LogP contribution in [0.2, 0.25) is 0 Å². The Bertz CT molecular complexity index is 1750. The zero-order valence-electron chi connectivity index (χ0n) is 20.4. The molecule has 0 saturated heterocycles. The zero-order valence-corrected chi connectivity index (χ0v) is 21.2. The molecular formula is C25H18F4N8O2S. The minimum Gasteiger partial charge on any atom is -0.383 e. The lowest BCUT2D eigenvalue weighted by atomic mass is 10.1. The predicted molar refractivity (Wildman–Crippen MR) is 142 cm³/mol. The molecule has 2 aromatic carbocycles. The molecule has 3 aromatic heterocycles. The van der Waals surface area contributed by atoms with Gasteiger partial charge in [-0.05, 0) is 36.4 Å². The van der Waals surface area contributed by atoms with Gasteiger partial charge in [-0.1, -0.05) is 6.07 Å². The van der Waals surface area contributed by atoms with Gasteiger partial charge in [-0.25, -0.2) is 19.2 Å². The lowest BCUT2D eigenvalue weighted by Gasteiger charge is -2.13. The van der Waals surface area contributed by atoms with Gasteiger partial charge >= 0.3 is 12.2 Å². The van der Waals surface area contributed by atoms with Crippen LogP contribution in [0.25, 0.3) is 20.7 Å². The number of nitrogen functional groups attached to an aromatic ring is 1. The van der Waals surface area contributed by atoms with E-state index < -0.39 is 35.2 Å². The van der Waals surface area contributed by atoms with Gasteiger partial charge < -0.3 is 21.7 Å². The summed E-state index contributed by atoms with van der Waals surface area (Å²) in [6, 6.07) is 7.49. The molecule has 15 heteroatoms. The normalized spacial score (nSPS) is 11.4. The molecule has 0 spiro atoms. The molecule has 40 heavy (non-hydrogen) atoms. The number of aromatic nitrogens is 4. The first-order chi connectivity index (χ1) is 19.0. The summed E-state index contributed by atoms with van der Waals surface area (Å²) in [6.07, 6.45) is -0.235. The number of halogens is 4. The maximum Gasteiger partial charge on any atom is 0.419 e. The van der Waals surface area contributed by atoms with Crippen LogP contribution in [-0.4, -0.2) is 31.7 Å². The molecule has 5 N–H and O–H groups in total. The quantitative estimate of drug-likeness (QED) is 0.199. The summed E-state index contributed by atoms with van der Waals surface area (Å²) in [5.74, 6) is -1.93. The largest absolute Gasteiger partial charge is 0.419 e. The highest BCUT2D eigenvalue weighted by Gasteiger charge is 2.35. The molecule has 204 valence electrons. The molecule has 0 aliphatic heterocycles. The van der Waals surface area contributed by atoms with Gasteiger partial charge in [0.15, 0.2) is 5.82 Å². The summed E-state index contributed by atoms with van der Waals surface area (Å²) >= 11 is 1.27. The predicted octanol–water partition coefficient (Wildman–Crippen LogP) is 5.73. The molecule has 0 aliphatic carbocycles. The Kier molecular flexibility index (Phi) is 6.81. The second kappa shape index (κ2) is 10.3. The van der Waals surface area contributed by atoms with E-state index in [1.54, 1.807) is 24.1 Å². The average molecular weight is 571 g/mol. The van der Waals surface area contributed by atoms with Gasteiger partial charge in [-0.2, -0.15) is 18.3 Å². The summed E-state index contributed by atoms with van der Waals surface area (Å²) in [6.45, 7) is 0. The van der Waals surface area contributed by atoms with Crippen LogP contribution >= 0.6 is 11.3 Å². The number of rotatable bonds is 5. The minimum absolute atomic E-state index is 0.143. The Hall–Kier alpha value is -5.05. The number of aryl methyl sites for hydroxylation is 1. The van der Waals surface area contributed by atoms with Crippen molar-refractivity contribution in [1.82, 2.24) is 19.7 Å². The molecule has 5 rings (SSSR count). The van der Waals surface area contributed by atoms with Gasteiger partial charge in [-0.15, -0.1) is 11.3 Å². The van der Waals surface area contributed by atoms with Gasteiger partial charge in [-0.3, -0.25) is 9.48 Å². The molecule has 5 aromatic rings. The van der Waals surface area contributed by atoms with Crippen molar-refractivity contribution in [2.24, 2.45) is 7.05 Å². The van der Waals surface area contributed by atoms with E-state index in [9.17, 15) is 27.2 Å². The molecule has 0 unspecified atom stereocenters. The fraction of sp³-hybridized carbons (Fsp3) is 0.0800. The van der Waals surface area contributed by atoms with Crippen molar-refractivity contribution in [1.29, 1.82) is 0 Å². The van der Waals surface area contributed by atoms with Crippen LogP contribution in [0, 0.1) is 5.82 Å². The number of carbonyl (C=O) groups is 2. The standard InChI is InChI=1S/C25H18F4N8O2S/c1-37-10-12(9-33-37)20-17(18-21(30)31-11-32-23(18)40-20)22(38)34-13-5-7-14(8-6-13)35-24(39)36-16-4-2-3-15(19(16)26)25(27,28)29/h2-11H,1H3,(H,34,38)(H2,30,31,32)(H2,35,36,39). The highest BCUT2D eigenvalue weighted by Crippen LogP contribution is 2.40. The summed E-state index contributed by atoms with van der Waals surface area (Å²) in [5, 5.41) is 11.8. The van der Waals surface area contributed by atoms with Crippen molar-refractivity contribution in [3.63, 3.8) is 0 Å². The number of nitrogens with one attached hydrogen (secondary N) is 3. The second-order valence-electron chi connectivity index (χ2n) is 8.42. The fourth-order valence-electron chi connectivity index (χ4n) is 3.88. The number of hydrogen-bond acceptors (Lipinski definition) is 7. The van der Waals surface area contributed by atoms with Crippen molar-refractivity contribution < 1.29 is 27.2 Å². The third kappa shape index (κ3) is 5.26. The smallest absolute Gasteiger partial charge is 0.383 e. The van der Waals surface area contributed by atoms with E-state index in [1.807, 2.05) is 0 Å². The first-order valence-electron chi connectivity index (χ1n) is 11.4. The molecule has 0 aliphatic rings. The van der Waals surface area contributed by atoms with Crippen molar-refractivity contribution in [3.05, 3.63) is 78.1 Å². The number of amides is 3. The van der Waals surface area contributed by atoms with Crippen molar-refractivity contribution in [2.45, 2.75) is 6.18 Å². The second-order valence-corrected chi connectivity index (χ2v) is 9.42. The van der Waals surface area contributed by atoms with Crippen LogP contribution in [0.4, 0.5) is 45.2 Å². The topological polar surface area (TPSA) is 140 Å². The molecule has 3 heterocycles. The van der Waals surface area contributed by atoms with E-state index in [0.29, 0.717) is 32.4 Å². The molecule has 0 saturated carbocycles. The third-order valence-electron chi connectivity index (χ3n) is 5.66. The maximum absolute atomic E-state index is 14.2. The van der Waals surface area contributed by atoms with Gasteiger partial charge in [0.05, 0.1) is 33.3 Å². The van der Waals surface area contributed by atoms with Crippen LogP contribution < -0.4 is 21.7 Å². The van der Waals surface area contributed by atoms with Crippen LogP contribution in [0.5, 0.6) is 0 Å². The Labute approximate surface area is 226 Å². The summed E-state index contributed by atoms with van der Waals surface area (Å²) in [5.41, 5.74) is 5.51. The summed E-state index contributed by atoms with van der Waals surface area (Å²) < 4.78 is 54.6. The van der Waals surface area contributed by atoms with E-state index in [4.69, 9.17) is 5.73 Å². The number of fused-ring (bicyclic) bond motifs is 1. The Morgan fingerprint density at radius 1 is 1.00 bits per heavy atom. The van der Waals surface area contributed by atoms with E-state index in [2.05, 4.69) is 31.0 Å². The number of nitrogens with zero attached hydrogens (tertiary/aromatic N) is 4. The van der Waals surface area contributed by atoms with Crippen LogP contribution in [0.15, 0.2) is 61.2 Å². The summed E-state index contributed by atoms with van der Waals surface area (Å²) in [7, 11) is 1.75. The van der Waals surface area contributed by atoms with E-state index in [0.717, 1.165) is 12.1 Å². The number of urea groups is 1. The number of benzene rings is 2. The Balaban J connectivity index is 1.32. The lowest BCUT2D eigenvalue weighted by molar-refractivity contribution is -0.139. The molecule has 0 atom stereocenters. The lowest BCUT2D eigenvalue weighted by Crippen LogP contribution is -2.21. The zero-order chi connectivity index (χ0) is 28.6. The molecule has 0 radical (unpaired) electrons. The molecule has 0 bridgehead atoms. The summed E-state index contributed by atoms with van der Waals surface area (Å²) in [4.78, 5) is 35.0. The maximum atomic E-state index is 14.2. The number of anilines is 4. The number of nitrogens with two attached hydrogens (primary N) is 1. The number of hydrogen-bond donors (Lipinski definition) is 4. The van der Waals surface area contributed by atoms with Crippen molar-refractivity contribution in [2.75, 3.05) is 21.7 Å². The highest BCUT2D eigenvalue weighted by atomic mass is 32.1. The van der Waals surface area contributed by atoms with Gasteiger partial charge in [0, 0.05) is 30.2 Å².